The first-order valence-corrected chi connectivity index (χ1v) is 10.8. The second-order valence-corrected chi connectivity index (χ2v) is 8.32. The van der Waals surface area contributed by atoms with Crippen LogP contribution < -0.4 is 4.74 Å². The van der Waals surface area contributed by atoms with Gasteiger partial charge in [-0.3, -0.25) is 4.90 Å². The molecule has 0 spiro atoms. The number of hydrogen-bond donors (Lipinski definition) is 1. The van der Waals surface area contributed by atoms with Crippen molar-refractivity contribution in [3.05, 3.63) is 78.0 Å². The van der Waals surface area contributed by atoms with Gasteiger partial charge in [-0.2, -0.15) is 0 Å². The quantitative estimate of drug-likeness (QED) is 0.444. The first-order valence-electron chi connectivity index (χ1n) is 10.8. The van der Waals surface area contributed by atoms with E-state index in [2.05, 4.69) is 53.8 Å². The molecule has 3 rings (SSSR count). The molecule has 0 bridgehead atoms. The number of nitrogens with zero attached hydrogens (tertiary/aromatic N) is 2. The number of rotatable bonds is 13. The van der Waals surface area contributed by atoms with Crippen molar-refractivity contribution < 1.29 is 19.0 Å². The Hall–Kier alpha value is -2.54. The Bertz CT molecular complexity index is 889. The molecule has 0 saturated carbocycles. The van der Waals surface area contributed by atoms with Gasteiger partial charge in [-0.05, 0) is 47.9 Å². The first kappa shape index (κ1) is 23.1. The van der Waals surface area contributed by atoms with Gasteiger partial charge in [-0.15, -0.1) is 0 Å². The molecule has 1 N–H and O–H groups in total. The lowest BCUT2D eigenvalue weighted by Crippen LogP contribution is -2.37. The van der Waals surface area contributed by atoms with E-state index in [0.29, 0.717) is 19.1 Å². The fourth-order valence-corrected chi connectivity index (χ4v) is 3.70. The Morgan fingerprint density at radius 3 is 2.71 bits per heavy atom. The smallest absolute Gasteiger partial charge is 0.129 e. The van der Waals surface area contributed by atoms with Crippen molar-refractivity contribution in [2.24, 2.45) is 5.92 Å². The highest BCUT2D eigenvalue weighted by Crippen LogP contribution is 2.16. The molecule has 0 saturated heterocycles. The van der Waals surface area contributed by atoms with Crippen molar-refractivity contribution >= 4 is 0 Å². The van der Waals surface area contributed by atoms with Crippen LogP contribution >= 0.6 is 0 Å². The molecule has 0 aliphatic heterocycles. The highest BCUT2D eigenvalue weighted by Gasteiger charge is 2.16. The van der Waals surface area contributed by atoms with Crippen LogP contribution in [0, 0.1) is 5.92 Å². The molecule has 1 atom stereocenters. The second-order valence-electron chi connectivity index (χ2n) is 8.32. The summed E-state index contributed by atoms with van der Waals surface area (Å²) in [5, 5.41) is 10.5. The molecule has 0 radical (unpaired) electrons. The Kier molecular flexibility index (Phi) is 8.76. The number of aliphatic hydroxyl groups is 1. The summed E-state index contributed by atoms with van der Waals surface area (Å²) in [7, 11) is 1.69. The topological polar surface area (TPSA) is 60.0 Å². The summed E-state index contributed by atoms with van der Waals surface area (Å²) in [5.41, 5.74) is 2.41. The van der Waals surface area contributed by atoms with E-state index in [9.17, 15) is 5.11 Å². The Morgan fingerprint density at radius 1 is 1.10 bits per heavy atom. The normalized spacial score (nSPS) is 12.6. The second kappa shape index (κ2) is 11.7. The Labute approximate surface area is 185 Å². The van der Waals surface area contributed by atoms with E-state index in [1.54, 1.807) is 13.4 Å². The molecule has 0 aliphatic rings. The minimum absolute atomic E-state index is 0.278. The van der Waals surface area contributed by atoms with Crippen molar-refractivity contribution in [2.75, 3.05) is 26.8 Å². The monoisotopic (exact) mass is 426 g/mol. The van der Waals surface area contributed by atoms with Gasteiger partial charge in [0.15, 0.2) is 0 Å². The summed E-state index contributed by atoms with van der Waals surface area (Å²) in [6, 6.07) is 16.1. The molecule has 1 unspecified atom stereocenters. The largest absolute Gasteiger partial charge is 0.497 e. The van der Waals surface area contributed by atoms with Gasteiger partial charge in [0.1, 0.15) is 18.1 Å². The van der Waals surface area contributed by atoms with Gasteiger partial charge < -0.3 is 23.6 Å². The Morgan fingerprint density at radius 2 is 1.97 bits per heavy atom. The van der Waals surface area contributed by atoms with Crippen LogP contribution in [0.25, 0.3) is 0 Å². The molecule has 2 aromatic heterocycles. The van der Waals surface area contributed by atoms with E-state index in [1.165, 1.54) is 11.3 Å². The van der Waals surface area contributed by atoms with Crippen molar-refractivity contribution in [3.63, 3.8) is 0 Å². The average Bonchev–Trinajstić information content (AvgIpc) is 3.40. The fourth-order valence-electron chi connectivity index (χ4n) is 3.70. The molecular formula is C25H34N2O4. The van der Waals surface area contributed by atoms with Gasteiger partial charge in [0.2, 0.25) is 0 Å². The van der Waals surface area contributed by atoms with E-state index >= 15 is 0 Å². The summed E-state index contributed by atoms with van der Waals surface area (Å²) < 4.78 is 18.5. The van der Waals surface area contributed by atoms with Crippen LogP contribution in [0.4, 0.5) is 0 Å². The summed E-state index contributed by atoms with van der Waals surface area (Å²) in [6.07, 6.45) is 3.17. The predicted molar refractivity (Wildman–Crippen MR) is 121 cm³/mol. The molecule has 0 fully saturated rings. The number of aromatic nitrogens is 1. The number of methoxy groups -OCH3 is 1. The van der Waals surface area contributed by atoms with Crippen LogP contribution in [0.5, 0.6) is 5.75 Å². The maximum Gasteiger partial charge on any atom is 0.129 e. The van der Waals surface area contributed by atoms with E-state index in [1.807, 2.05) is 24.3 Å². The summed E-state index contributed by atoms with van der Waals surface area (Å²) >= 11 is 0. The third-order valence-corrected chi connectivity index (χ3v) is 5.02. The molecule has 168 valence electrons. The molecule has 3 aromatic rings. The van der Waals surface area contributed by atoms with Gasteiger partial charge >= 0.3 is 0 Å². The standard InChI is InChI=1S/C25H34N2O4/c1-20(2)14-26(17-23(28)18-30-19-25-10-6-12-31-25)16-22-8-5-11-27(22)15-21-7-4-9-24(13-21)29-3/h4-13,20,23,28H,14-19H2,1-3H3. The zero-order chi connectivity index (χ0) is 22.1. The van der Waals surface area contributed by atoms with Gasteiger partial charge in [-0.1, -0.05) is 26.0 Å². The summed E-state index contributed by atoms with van der Waals surface area (Å²) in [5.74, 6) is 2.13. The van der Waals surface area contributed by atoms with Crippen molar-refractivity contribution in [1.29, 1.82) is 0 Å². The van der Waals surface area contributed by atoms with Gasteiger partial charge in [0.05, 0.1) is 26.1 Å². The average molecular weight is 427 g/mol. The van der Waals surface area contributed by atoms with Crippen molar-refractivity contribution in [2.45, 2.75) is 39.6 Å². The third kappa shape index (κ3) is 7.58. The fraction of sp³-hybridized carbons (Fsp3) is 0.440. The predicted octanol–water partition coefficient (Wildman–Crippen LogP) is 4.17. The number of ether oxygens (including phenoxy) is 2. The minimum atomic E-state index is -0.560. The highest BCUT2D eigenvalue weighted by molar-refractivity contribution is 5.29. The minimum Gasteiger partial charge on any atom is -0.497 e. The van der Waals surface area contributed by atoms with Crippen LogP contribution in [0.3, 0.4) is 0 Å². The van der Waals surface area contributed by atoms with E-state index < -0.39 is 6.10 Å². The molecule has 1 aromatic carbocycles. The number of benzene rings is 1. The number of aliphatic hydroxyl groups excluding tert-OH is 1. The molecular weight excluding hydrogens is 392 g/mol. The summed E-state index contributed by atoms with van der Waals surface area (Å²) in [4.78, 5) is 2.29. The third-order valence-electron chi connectivity index (χ3n) is 5.02. The van der Waals surface area contributed by atoms with Gasteiger partial charge in [-0.25, -0.2) is 0 Å². The summed E-state index contributed by atoms with van der Waals surface area (Å²) in [6.45, 7) is 8.05. The van der Waals surface area contributed by atoms with Crippen molar-refractivity contribution in [3.8, 4) is 5.75 Å². The van der Waals surface area contributed by atoms with Gasteiger partial charge in [0.25, 0.3) is 0 Å². The van der Waals surface area contributed by atoms with E-state index in [0.717, 1.165) is 31.1 Å². The SMILES string of the molecule is COc1cccc(Cn2cccc2CN(CC(C)C)CC(O)COCc2ccco2)c1. The molecule has 31 heavy (non-hydrogen) atoms. The highest BCUT2D eigenvalue weighted by atomic mass is 16.5. The first-order chi connectivity index (χ1) is 15.0. The van der Waals surface area contributed by atoms with Gasteiger partial charge in [0, 0.05) is 38.1 Å². The van der Waals surface area contributed by atoms with Crippen LogP contribution in [-0.2, 0) is 24.4 Å². The lowest BCUT2D eigenvalue weighted by atomic mass is 10.2. The lowest BCUT2D eigenvalue weighted by Gasteiger charge is -2.27. The Balaban J connectivity index is 1.58. The maximum atomic E-state index is 10.5. The lowest BCUT2D eigenvalue weighted by molar-refractivity contribution is 0.00193. The van der Waals surface area contributed by atoms with Crippen LogP contribution in [0.15, 0.2) is 65.4 Å². The van der Waals surface area contributed by atoms with Crippen LogP contribution in [-0.4, -0.2) is 47.5 Å². The number of hydrogen-bond acceptors (Lipinski definition) is 5. The molecule has 2 heterocycles. The zero-order valence-corrected chi connectivity index (χ0v) is 18.7. The zero-order valence-electron chi connectivity index (χ0n) is 18.7. The molecule has 6 heteroatoms. The molecule has 6 nitrogen and oxygen atoms in total. The van der Waals surface area contributed by atoms with Crippen LogP contribution in [0.1, 0.15) is 30.9 Å². The maximum absolute atomic E-state index is 10.5. The van der Waals surface area contributed by atoms with E-state index in [4.69, 9.17) is 13.9 Å². The molecule has 0 amide bonds. The van der Waals surface area contributed by atoms with Crippen LogP contribution in [0.2, 0.25) is 0 Å². The number of furan rings is 1. The van der Waals surface area contributed by atoms with E-state index in [-0.39, 0.29) is 6.61 Å². The molecule has 0 aliphatic carbocycles. The van der Waals surface area contributed by atoms with Crippen molar-refractivity contribution in [1.82, 2.24) is 9.47 Å².